The van der Waals surface area contributed by atoms with E-state index in [1.807, 2.05) is 0 Å². The Labute approximate surface area is 122 Å². The molecule has 4 aliphatic rings. The number of hydrogen-bond donors (Lipinski definition) is 2. The van der Waals surface area contributed by atoms with Crippen LogP contribution in [0.15, 0.2) is 0 Å². The molecule has 1 spiro atoms. The first-order valence-electron chi connectivity index (χ1n) is 8.67. The molecule has 4 rings (SSSR count). The Balaban J connectivity index is 1.85. The van der Waals surface area contributed by atoms with Gasteiger partial charge in [-0.25, -0.2) is 0 Å². The molecule has 0 radical (unpaired) electrons. The van der Waals surface area contributed by atoms with E-state index in [0.29, 0.717) is 5.92 Å². The van der Waals surface area contributed by atoms with Crippen molar-refractivity contribution in [2.24, 2.45) is 23.7 Å². The molecule has 2 heterocycles. The lowest BCUT2D eigenvalue weighted by Crippen LogP contribution is -2.80. The SMILES string of the molecule is C[C@@H]1C[C@H]2C[C@@H](O)[C@H]3C[C@H](O)C[N+]4(C)CCC[C@H]2[C@]34C1. The van der Waals surface area contributed by atoms with Gasteiger partial charge in [-0.15, -0.1) is 0 Å². The highest BCUT2D eigenvalue weighted by Gasteiger charge is 2.69. The molecule has 114 valence electrons. The molecule has 2 aliphatic heterocycles. The quantitative estimate of drug-likeness (QED) is 0.664. The number of nitrogens with zero attached hydrogens (tertiary/aromatic N) is 1. The predicted molar refractivity (Wildman–Crippen MR) is 78.0 cm³/mol. The fourth-order valence-electron chi connectivity index (χ4n) is 7.21. The molecule has 0 aromatic heterocycles. The van der Waals surface area contributed by atoms with E-state index in [1.165, 1.54) is 32.2 Å². The van der Waals surface area contributed by atoms with Crippen LogP contribution < -0.4 is 0 Å². The summed E-state index contributed by atoms with van der Waals surface area (Å²) < 4.78 is 1.04. The first-order valence-corrected chi connectivity index (χ1v) is 8.67. The molecule has 20 heavy (non-hydrogen) atoms. The van der Waals surface area contributed by atoms with Crippen LogP contribution >= 0.6 is 0 Å². The Bertz CT molecular complexity index is 414. The van der Waals surface area contributed by atoms with Crippen molar-refractivity contribution in [1.82, 2.24) is 0 Å². The van der Waals surface area contributed by atoms with Crippen LogP contribution in [0.1, 0.15) is 45.4 Å². The van der Waals surface area contributed by atoms with Crippen LogP contribution in [0.5, 0.6) is 0 Å². The molecule has 2 saturated carbocycles. The Hall–Kier alpha value is -0.120. The number of quaternary nitrogens is 1. The topological polar surface area (TPSA) is 40.5 Å². The van der Waals surface area contributed by atoms with Gasteiger partial charge in [-0.3, -0.25) is 0 Å². The Morgan fingerprint density at radius 1 is 1.10 bits per heavy atom. The van der Waals surface area contributed by atoms with Crippen molar-refractivity contribution in [2.45, 2.75) is 63.2 Å². The van der Waals surface area contributed by atoms with E-state index >= 15 is 0 Å². The number of piperidine rings is 2. The van der Waals surface area contributed by atoms with Crippen molar-refractivity contribution < 1.29 is 14.7 Å². The zero-order valence-corrected chi connectivity index (χ0v) is 13.0. The van der Waals surface area contributed by atoms with Gasteiger partial charge in [0.15, 0.2) is 0 Å². The zero-order valence-electron chi connectivity index (χ0n) is 13.0. The molecule has 0 aromatic rings. The van der Waals surface area contributed by atoms with Crippen LogP contribution in [0.2, 0.25) is 0 Å². The molecule has 3 heteroatoms. The molecule has 8 atom stereocenters. The van der Waals surface area contributed by atoms with E-state index in [9.17, 15) is 10.2 Å². The van der Waals surface area contributed by atoms with Gasteiger partial charge < -0.3 is 14.7 Å². The summed E-state index contributed by atoms with van der Waals surface area (Å²) in [6.45, 7) is 4.53. The predicted octanol–water partition coefficient (Wildman–Crippen LogP) is 1.77. The van der Waals surface area contributed by atoms with E-state index in [2.05, 4.69) is 14.0 Å². The Kier molecular flexibility index (Phi) is 2.85. The second-order valence-electron chi connectivity index (χ2n) is 8.65. The smallest absolute Gasteiger partial charge is 0.108 e. The third kappa shape index (κ3) is 1.52. The summed E-state index contributed by atoms with van der Waals surface area (Å²) in [5.74, 6) is 2.66. The summed E-state index contributed by atoms with van der Waals surface area (Å²) in [5, 5.41) is 21.1. The van der Waals surface area contributed by atoms with Gasteiger partial charge in [0.05, 0.1) is 19.7 Å². The lowest BCUT2D eigenvalue weighted by atomic mass is 9.47. The summed E-state index contributed by atoms with van der Waals surface area (Å²) >= 11 is 0. The molecule has 2 bridgehead atoms. The fraction of sp³-hybridized carbons (Fsp3) is 1.00. The molecule has 3 nitrogen and oxygen atoms in total. The lowest BCUT2D eigenvalue weighted by Gasteiger charge is -2.70. The van der Waals surface area contributed by atoms with Crippen molar-refractivity contribution in [3.63, 3.8) is 0 Å². The molecule has 0 amide bonds. The zero-order chi connectivity index (χ0) is 14.1. The highest BCUT2D eigenvalue weighted by atomic mass is 16.3. The average Bonchev–Trinajstić information content (AvgIpc) is 2.34. The molecule has 2 saturated heterocycles. The first kappa shape index (κ1) is 13.5. The Morgan fingerprint density at radius 3 is 2.70 bits per heavy atom. The van der Waals surface area contributed by atoms with Gasteiger partial charge in [-0.05, 0) is 43.9 Å². The van der Waals surface area contributed by atoms with Crippen molar-refractivity contribution in [1.29, 1.82) is 0 Å². The molecule has 1 unspecified atom stereocenters. The van der Waals surface area contributed by atoms with Crippen molar-refractivity contribution in [2.75, 3.05) is 20.1 Å². The van der Waals surface area contributed by atoms with Crippen molar-refractivity contribution in [3.8, 4) is 0 Å². The average molecular weight is 280 g/mol. The number of aliphatic hydroxyl groups is 2. The van der Waals surface area contributed by atoms with Gasteiger partial charge in [0.1, 0.15) is 18.2 Å². The van der Waals surface area contributed by atoms with E-state index in [1.54, 1.807) is 0 Å². The minimum atomic E-state index is -0.210. The molecular weight excluding hydrogens is 250 g/mol. The maximum atomic E-state index is 10.8. The molecule has 0 aromatic carbocycles. The van der Waals surface area contributed by atoms with Gasteiger partial charge in [-0.2, -0.15) is 0 Å². The van der Waals surface area contributed by atoms with E-state index < -0.39 is 0 Å². The lowest BCUT2D eigenvalue weighted by molar-refractivity contribution is -0.986. The van der Waals surface area contributed by atoms with Crippen LogP contribution in [-0.2, 0) is 0 Å². The van der Waals surface area contributed by atoms with Gasteiger partial charge in [0.25, 0.3) is 0 Å². The van der Waals surface area contributed by atoms with E-state index in [4.69, 9.17) is 0 Å². The highest BCUT2D eigenvalue weighted by molar-refractivity contribution is 5.11. The number of rotatable bonds is 0. The maximum Gasteiger partial charge on any atom is 0.108 e. The summed E-state index contributed by atoms with van der Waals surface area (Å²) in [7, 11) is 2.38. The van der Waals surface area contributed by atoms with Gasteiger partial charge >= 0.3 is 0 Å². The monoisotopic (exact) mass is 280 g/mol. The largest absolute Gasteiger partial charge is 0.393 e. The molecule has 2 aliphatic carbocycles. The van der Waals surface area contributed by atoms with Gasteiger partial charge in [0.2, 0.25) is 0 Å². The normalized spacial score (nSPS) is 61.8. The van der Waals surface area contributed by atoms with E-state index in [-0.39, 0.29) is 17.7 Å². The maximum absolute atomic E-state index is 10.8. The van der Waals surface area contributed by atoms with Crippen LogP contribution in [-0.4, -0.2) is 52.6 Å². The molecule has 2 N–H and O–H groups in total. The van der Waals surface area contributed by atoms with Gasteiger partial charge in [0, 0.05) is 18.3 Å². The van der Waals surface area contributed by atoms with Gasteiger partial charge in [-0.1, -0.05) is 6.92 Å². The second-order valence-corrected chi connectivity index (χ2v) is 8.65. The molecular formula is C17H30NO2+. The fourth-order valence-corrected chi connectivity index (χ4v) is 7.21. The highest BCUT2D eigenvalue weighted by Crippen LogP contribution is 2.62. The number of aliphatic hydroxyl groups excluding tert-OH is 2. The van der Waals surface area contributed by atoms with Crippen molar-refractivity contribution in [3.05, 3.63) is 0 Å². The summed E-state index contributed by atoms with van der Waals surface area (Å²) in [5.41, 5.74) is 0.275. The summed E-state index contributed by atoms with van der Waals surface area (Å²) in [6.07, 6.45) is 6.72. The standard InChI is InChI=1S/C17H30NO2/c1-11-6-12-7-16(20)15-8-13(19)10-18(2)5-3-4-14(12)17(15,18)9-11/h11-16,19-20H,3-10H2,1-2H3/q+1/t11-,12+,13+,14-,15-,16-,17-,18?/m1/s1. The molecule has 4 fully saturated rings. The van der Waals surface area contributed by atoms with E-state index in [0.717, 1.165) is 41.6 Å². The third-order valence-electron chi connectivity index (χ3n) is 7.55. The second kappa shape index (κ2) is 4.21. The minimum absolute atomic E-state index is 0.172. The van der Waals surface area contributed by atoms with Crippen LogP contribution in [0, 0.1) is 23.7 Å². The number of hydrogen-bond acceptors (Lipinski definition) is 2. The number of likely N-dealkylation sites (N-methyl/N-ethyl adjacent to an activating group) is 1. The van der Waals surface area contributed by atoms with Crippen LogP contribution in [0.25, 0.3) is 0 Å². The minimum Gasteiger partial charge on any atom is -0.393 e. The van der Waals surface area contributed by atoms with Crippen LogP contribution in [0.3, 0.4) is 0 Å². The third-order valence-corrected chi connectivity index (χ3v) is 7.55. The first-order chi connectivity index (χ1) is 9.46. The van der Waals surface area contributed by atoms with Crippen LogP contribution in [0.4, 0.5) is 0 Å². The summed E-state index contributed by atoms with van der Waals surface area (Å²) in [6, 6.07) is 0. The van der Waals surface area contributed by atoms with Crippen molar-refractivity contribution >= 4 is 0 Å². The summed E-state index contributed by atoms with van der Waals surface area (Å²) in [4.78, 5) is 0. The Morgan fingerprint density at radius 2 is 1.90 bits per heavy atom.